The molecule has 21 heavy (non-hydrogen) atoms. The number of ether oxygens (including phenoxy) is 1. The second kappa shape index (κ2) is 4.23. The van der Waals surface area contributed by atoms with Crippen molar-refractivity contribution in [2.24, 2.45) is 5.92 Å². The molecular formula is C17H21N3O. The van der Waals surface area contributed by atoms with E-state index in [4.69, 9.17) is 15.5 Å². The zero-order valence-electron chi connectivity index (χ0n) is 12.2. The van der Waals surface area contributed by atoms with Gasteiger partial charge >= 0.3 is 0 Å². The lowest BCUT2D eigenvalue weighted by Gasteiger charge is -2.22. The van der Waals surface area contributed by atoms with E-state index in [1.54, 1.807) is 0 Å². The Morgan fingerprint density at radius 3 is 2.76 bits per heavy atom. The van der Waals surface area contributed by atoms with Gasteiger partial charge in [-0.1, -0.05) is 0 Å². The zero-order chi connectivity index (χ0) is 14.0. The Kier molecular flexibility index (Phi) is 2.42. The molecule has 2 aliphatic carbocycles. The van der Waals surface area contributed by atoms with Gasteiger partial charge in [-0.25, -0.2) is 4.98 Å². The lowest BCUT2D eigenvalue weighted by molar-refractivity contribution is 0.0753. The second-order valence-corrected chi connectivity index (χ2v) is 6.89. The summed E-state index contributed by atoms with van der Waals surface area (Å²) in [5, 5.41) is 0. The average molecular weight is 283 g/mol. The number of hydrogen-bond donors (Lipinski definition) is 1. The lowest BCUT2D eigenvalue weighted by Crippen LogP contribution is -2.23. The molecule has 2 unspecified atom stereocenters. The van der Waals surface area contributed by atoms with Crippen LogP contribution in [0.1, 0.15) is 49.9 Å². The maximum absolute atomic E-state index is 6.07. The Morgan fingerprint density at radius 1 is 1.14 bits per heavy atom. The number of benzene rings is 1. The van der Waals surface area contributed by atoms with Gasteiger partial charge in [0.1, 0.15) is 5.82 Å². The number of hydrogen-bond acceptors (Lipinski definition) is 3. The third-order valence-corrected chi connectivity index (χ3v) is 5.20. The van der Waals surface area contributed by atoms with Gasteiger partial charge in [-0.2, -0.15) is 0 Å². The van der Waals surface area contributed by atoms with Gasteiger partial charge in [0.15, 0.2) is 0 Å². The molecule has 2 saturated carbocycles. The van der Waals surface area contributed by atoms with Crippen molar-refractivity contribution in [3.05, 3.63) is 24.0 Å². The van der Waals surface area contributed by atoms with Crippen molar-refractivity contribution in [1.29, 1.82) is 0 Å². The summed E-state index contributed by atoms with van der Waals surface area (Å²) in [4.78, 5) is 4.92. The highest BCUT2D eigenvalue weighted by molar-refractivity contribution is 5.80. The van der Waals surface area contributed by atoms with Crippen molar-refractivity contribution < 1.29 is 4.74 Å². The minimum absolute atomic E-state index is 0.400. The van der Waals surface area contributed by atoms with Crippen molar-refractivity contribution in [2.75, 3.05) is 12.3 Å². The number of anilines is 1. The van der Waals surface area contributed by atoms with Gasteiger partial charge in [-0.3, -0.25) is 0 Å². The molecule has 4 heteroatoms. The standard InChI is InChI=1S/C17H21N3O/c18-12-5-6-14-13(9-12)19-17(11-3-4-11)20(14)15-7-8-21-16(15)10-1-2-10/h5-6,9-11,15-16H,1-4,7-8,18H2. The zero-order valence-corrected chi connectivity index (χ0v) is 12.2. The summed E-state index contributed by atoms with van der Waals surface area (Å²) in [5.41, 5.74) is 9.04. The summed E-state index contributed by atoms with van der Waals surface area (Å²) in [7, 11) is 0. The number of aromatic nitrogens is 2. The van der Waals surface area contributed by atoms with E-state index in [1.807, 2.05) is 12.1 Å². The van der Waals surface area contributed by atoms with Crippen LogP contribution in [-0.2, 0) is 4.74 Å². The maximum atomic E-state index is 6.07. The van der Waals surface area contributed by atoms with E-state index >= 15 is 0 Å². The van der Waals surface area contributed by atoms with Crippen LogP contribution in [0.5, 0.6) is 0 Å². The first kappa shape index (κ1) is 12.0. The van der Waals surface area contributed by atoms with Crippen LogP contribution in [0.2, 0.25) is 0 Å². The SMILES string of the molecule is Nc1ccc2c(c1)nc(C1CC1)n2C1CCOC1C1CC1. The number of fused-ring (bicyclic) bond motifs is 1. The van der Waals surface area contributed by atoms with Crippen LogP contribution in [-0.4, -0.2) is 22.3 Å². The van der Waals surface area contributed by atoms with Crippen LogP contribution in [0.15, 0.2) is 18.2 Å². The molecule has 0 spiro atoms. The molecule has 1 aromatic carbocycles. The lowest BCUT2D eigenvalue weighted by atomic mass is 10.1. The number of nitrogens with zero attached hydrogens (tertiary/aromatic N) is 2. The van der Waals surface area contributed by atoms with Crippen LogP contribution >= 0.6 is 0 Å². The number of rotatable bonds is 3. The van der Waals surface area contributed by atoms with Crippen LogP contribution in [0.3, 0.4) is 0 Å². The van der Waals surface area contributed by atoms with Crippen LogP contribution in [0, 0.1) is 5.92 Å². The molecule has 1 aliphatic heterocycles. The highest BCUT2D eigenvalue weighted by Gasteiger charge is 2.43. The second-order valence-electron chi connectivity index (χ2n) is 6.89. The first-order chi connectivity index (χ1) is 10.3. The van der Waals surface area contributed by atoms with Gasteiger partial charge in [0.05, 0.1) is 23.2 Å². The number of nitrogen functional groups attached to an aromatic ring is 1. The van der Waals surface area contributed by atoms with E-state index < -0.39 is 0 Å². The van der Waals surface area contributed by atoms with E-state index in [2.05, 4.69) is 10.6 Å². The molecule has 5 rings (SSSR count). The molecule has 0 bridgehead atoms. The highest BCUT2D eigenvalue weighted by Crippen LogP contribution is 2.48. The molecule has 2 atom stereocenters. The minimum Gasteiger partial charge on any atom is -0.399 e. The first-order valence-electron chi connectivity index (χ1n) is 8.20. The summed E-state index contributed by atoms with van der Waals surface area (Å²) < 4.78 is 8.57. The normalized spacial score (nSPS) is 29.3. The van der Waals surface area contributed by atoms with Crippen molar-refractivity contribution in [2.45, 2.75) is 50.2 Å². The Hall–Kier alpha value is -1.55. The monoisotopic (exact) mass is 283 g/mol. The largest absolute Gasteiger partial charge is 0.399 e. The Labute approximate surface area is 124 Å². The van der Waals surface area contributed by atoms with Crippen LogP contribution < -0.4 is 5.73 Å². The van der Waals surface area contributed by atoms with Crippen LogP contribution in [0.4, 0.5) is 5.69 Å². The van der Waals surface area contributed by atoms with Gasteiger partial charge in [0.25, 0.3) is 0 Å². The quantitative estimate of drug-likeness (QED) is 0.880. The molecule has 0 amide bonds. The summed E-state index contributed by atoms with van der Waals surface area (Å²) in [6.07, 6.45) is 6.74. The van der Waals surface area contributed by atoms with E-state index in [-0.39, 0.29) is 0 Å². The molecule has 2 N–H and O–H groups in total. The topological polar surface area (TPSA) is 53.1 Å². The predicted octanol–water partition coefficient (Wildman–Crippen LogP) is 3.24. The molecule has 2 aromatic rings. The predicted molar refractivity (Wildman–Crippen MR) is 82.2 cm³/mol. The Bertz CT molecular complexity index is 699. The third kappa shape index (κ3) is 1.89. The minimum atomic E-state index is 0.400. The fourth-order valence-corrected chi connectivity index (χ4v) is 3.86. The summed E-state index contributed by atoms with van der Waals surface area (Å²) in [6, 6.07) is 6.63. The van der Waals surface area contributed by atoms with Gasteiger partial charge < -0.3 is 15.0 Å². The van der Waals surface area contributed by atoms with Crippen molar-refractivity contribution in [3.63, 3.8) is 0 Å². The fraction of sp³-hybridized carbons (Fsp3) is 0.588. The molecule has 110 valence electrons. The third-order valence-electron chi connectivity index (χ3n) is 5.20. The Morgan fingerprint density at radius 2 is 2.00 bits per heavy atom. The van der Waals surface area contributed by atoms with Crippen molar-refractivity contribution in [3.8, 4) is 0 Å². The summed E-state index contributed by atoms with van der Waals surface area (Å²) in [5.74, 6) is 2.70. The molecule has 1 saturated heterocycles. The maximum Gasteiger partial charge on any atom is 0.113 e. The first-order valence-corrected chi connectivity index (χ1v) is 8.20. The van der Waals surface area contributed by atoms with Gasteiger partial charge in [0, 0.05) is 18.2 Å². The number of imidazole rings is 1. The van der Waals surface area contributed by atoms with Crippen LogP contribution in [0.25, 0.3) is 11.0 Å². The molecule has 1 aromatic heterocycles. The van der Waals surface area contributed by atoms with Gasteiger partial charge in [0.2, 0.25) is 0 Å². The molecule has 2 heterocycles. The van der Waals surface area contributed by atoms with Crippen molar-refractivity contribution >= 4 is 16.7 Å². The van der Waals surface area contributed by atoms with Gasteiger partial charge in [-0.05, 0) is 56.2 Å². The molecule has 4 nitrogen and oxygen atoms in total. The highest BCUT2D eigenvalue weighted by atomic mass is 16.5. The molecule has 3 fully saturated rings. The van der Waals surface area contributed by atoms with E-state index in [9.17, 15) is 0 Å². The Balaban J connectivity index is 1.67. The van der Waals surface area contributed by atoms with E-state index in [1.165, 1.54) is 37.0 Å². The summed E-state index contributed by atoms with van der Waals surface area (Å²) >= 11 is 0. The molecule has 0 radical (unpaired) electrons. The molecule has 3 aliphatic rings. The van der Waals surface area contributed by atoms with E-state index in [0.29, 0.717) is 18.1 Å². The van der Waals surface area contributed by atoms with E-state index in [0.717, 1.165) is 30.1 Å². The van der Waals surface area contributed by atoms with Crippen molar-refractivity contribution in [1.82, 2.24) is 9.55 Å². The summed E-state index contributed by atoms with van der Waals surface area (Å²) in [6.45, 7) is 0.893. The number of nitrogens with two attached hydrogens (primary N) is 1. The average Bonchev–Trinajstić information content (AvgIpc) is 3.40. The van der Waals surface area contributed by atoms with Gasteiger partial charge in [-0.15, -0.1) is 0 Å². The fourth-order valence-electron chi connectivity index (χ4n) is 3.86. The smallest absolute Gasteiger partial charge is 0.113 e. The molecular weight excluding hydrogens is 262 g/mol.